The van der Waals surface area contributed by atoms with E-state index >= 15 is 0 Å². The average Bonchev–Trinajstić information content (AvgIpc) is 2.67. The van der Waals surface area contributed by atoms with Crippen molar-refractivity contribution in [2.75, 3.05) is 36.2 Å². The van der Waals surface area contributed by atoms with E-state index in [9.17, 15) is 9.59 Å². The molecule has 0 atom stereocenters. The molecule has 0 radical (unpaired) electrons. The van der Waals surface area contributed by atoms with E-state index in [1.54, 1.807) is 10.0 Å². The van der Waals surface area contributed by atoms with E-state index < -0.39 is 11.8 Å². The van der Waals surface area contributed by atoms with Crippen LogP contribution in [-0.2, 0) is 22.4 Å². The number of anilines is 2. The highest BCUT2D eigenvalue weighted by Crippen LogP contribution is 2.25. The second-order valence-electron chi connectivity index (χ2n) is 6.90. The molecular formula is C21H30N6O2. The maximum Gasteiger partial charge on any atom is 0.239 e. The largest absolute Gasteiger partial charge is 0.368 e. The molecule has 8 N–H and O–H groups in total. The topological polar surface area (TPSA) is 145 Å². The number of carbonyl (C=O) groups excluding carboxylic acids is 2. The van der Waals surface area contributed by atoms with E-state index in [1.807, 2.05) is 49.4 Å². The molecule has 8 nitrogen and oxygen atoms in total. The van der Waals surface area contributed by atoms with Gasteiger partial charge in [0.05, 0.1) is 11.4 Å². The van der Waals surface area contributed by atoms with Crippen molar-refractivity contribution in [3.05, 3.63) is 59.2 Å². The summed E-state index contributed by atoms with van der Waals surface area (Å²) in [6.07, 6.45) is 1.51. The number of hydrazine groups is 1. The van der Waals surface area contributed by atoms with Gasteiger partial charge in [0.25, 0.3) is 0 Å². The number of hydrogen-bond donors (Lipinski definition) is 4. The van der Waals surface area contributed by atoms with Crippen molar-refractivity contribution in [3.8, 4) is 0 Å². The summed E-state index contributed by atoms with van der Waals surface area (Å²) in [5.74, 6) is -1.05. The van der Waals surface area contributed by atoms with Gasteiger partial charge in [-0.2, -0.15) is 0 Å². The van der Waals surface area contributed by atoms with Crippen molar-refractivity contribution in [1.82, 2.24) is 0 Å². The third-order valence-corrected chi connectivity index (χ3v) is 4.61. The lowest BCUT2D eigenvalue weighted by Crippen LogP contribution is -2.50. The zero-order valence-electron chi connectivity index (χ0n) is 16.8. The van der Waals surface area contributed by atoms with Crippen LogP contribution in [0.1, 0.15) is 16.7 Å². The monoisotopic (exact) mass is 398 g/mol. The third kappa shape index (κ3) is 6.20. The van der Waals surface area contributed by atoms with Gasteiger partial charge in [-0.15, -0.1) is 0 Å². The number of nitrogens with two attached hydrogens (primary N) is 4. The summed E-state index contributed by atoms with van der Waals surface area (Å²) in [6, 6.07) is 13.4. The molecule has 0 aliphatic carbocycles. The van der Waals surface area contributed by atoms with Crippen LogP contribution >= 0.6 is 0 Å². The van der Waals surface area contributed by atoms with Crippen LogP contribution in [0.3, 0.4) is 0 Å². The first-order valence-corrected chi connectivity index (χ1v) is 9.56. The second kappa shape index (κ2) is 10.4. The maximum atomic E-state index is 11.8. The Morgan fingerprint density at radius 2 is 1.31 bits per heavy atom. The summed E-state index contributed by atoms with van der Waals surface area (Å²) >= 11 is 0. The standard InChI is InChI=1S/C21H30N6O2/c1-15-12-19(7-4-17(15)9-11-23)27(14-21(25)29)26(13-20(24)28)18-5-2-16(3-6-18)8-10-22/h2-7,12H,8-11,13-14,22-23H2,1H3,(H2,24,28)(H2,25,29). The highest BCUT2D eigenvalue weighted by atomic mass is 16.2. The Bertz CT molecular complexity index is 838. The summed E-state index contributed by atoms with van der Waals surface area (Å²) in [7, 11) is 0. The SMILES string of the molecule is Cc1cc(N(CC(N)=O)N(CC(N)=O)c2ccc(CCN)cc2)ccc1CCN. The molecule has 0 bridgehead atoms. The molecule has 0 aliphatic rings. The van der Waals surface area contributed by atoms with E-state index in [-0.39, 0.29) is 13.1 Å². The van der Waals surface area contributed by atoms with Gasteiger partial charge >= 0.3 is 0 Å². The molecule has 0 aromatic heterocycles. The zero-order chi connectivity index (χ0) is 21.4. The highest BCUT2D eigenvalue weighted by Gasteiger charge is 2.21. The van der Waals surface area contributed by atoms with Gasteiger partial charge in [-0.3, -0.25) is 19.6 Å². The Labute approximate surface area is 171 Å². The number of nitrogens with zero attached hydrogens (tertiary/aromatic N) is 2. The van der Waals surface area contributed by atoms with Crippen molar-refractivity contribution in [3.63, 3.8) is 0 Å². The summed E-state index contributed by atoms with van der Waals surface area (Å²) in [5.41, 5.74) is 27.0. The predicted molar refractivity (Wildman–Crippen MR) is 116 cm³/mol. The van der Waals surface area contributed by atoms with Crippen LogP contribution < -0.4 is 33.0 Å². The van der Waals surface area contributed by atoms with Gasteiger partial charge in [0.1, 0.15) is 13.1 Å². The normalized spacial score (nSPS) is 10.6. The first-order valence-electron chi connectivity index (χ1n) is 9.56. The zero-order valence-corrected chi connectivity index (χ0v) is 16.8. The lowest BCUT2D eigenvalue weighted by molar-refractivity contribution is -0.118. The van der Waals surface area contributed by atoms with Gasteiger partial charge in [-0.05, 0) is 73.8 Å². The van der Waals surface area contributed by atoms with E-state index in [0.29, 0.717) is 13.1 Å². The van der Waals surface area contributed by atoms with E-state index in [2.05, 4.69) is 0 Å². The van der Waals surface area contributed by atoms with Gasteiger partial charge in [0, 0.05) is 0 Å². The Kier molecular flexibility index (Phi) is 7.99. The second-order valence-corrected chi connectivity index (χ2v) is 6.90. The number of carbonyl (C=O) groups is 2. The first-order chi connectivity index (χ1) is 13.8. The minimum absolute atomic E-state index is 0.104. The Hall–Kier alpha value is -3.10. The molecule has 0 aliphatic heterocycles. The predicted octanol–water partition coefficient (Wildman–Crippen LogP) is 0.196. The Morgan fingerprint density at radius 1 is 0.793 bits per heavy atom. The van der Waals surface area contributed by atoms with Crippen LogP contribution in [0, 0.1) is 6.92 Å². The fraction of sp³-hybridized carbons (Fsp3) is 0.333. The van der Waals surface area contributed by atoms with Gasteiger partial charge in [0.2, 0.25) is 11.8 Å². The molecule has 2 aromatic carbocycles. The first kappa shape index (κ1) is 22.2. The lowest BCUT2D eigenvalue weighted by Gasteiger charge is -2.37. The lowest BCUT2D eigenvalue weighted by atomic mass is 10.0. The van der Waals surface area contributed by atoms with Gasteiger partial charge in [0.15, 0.2) is 0 Å². The number of benzene rings is 2. The third-order valence-electron chi connectivity index (χ3n) is 4.61. The molecule has 29 heavy (non-hydrogen) atoms. The minimum atomic E-state index is -0.526. The molecule has 0 saturated heterocycles. The van der Waals surface area contributed by atoms with Crippen molar-refractivity contribution >= 4 is 23.2 Å². The number of aryl methyl sites for hydroxylation is 1. The minimum Gasteiger partial charge on any atom is -0.368 e. The maximum absolute atomic E-state index is 11.8. The van der Waals surface area contributed by atoms with Crippen LogP contribution in [0.25, 0.3) is 0 Å². The molecule has 0 unspecified atom stereocenters. The summed E-state index contributed by atoms with van der Waals surface area (Å²) in [6.45, 7) is 2.87. The van der Waals surface area contributed by atoms with Gasteiger partial charge in [-0.25, -0.2) is 0 Å². The fourth-order valence-electron chi connectivity index (χ4n) is 3.21. The highest BCUT2D eigenvalue weighted by molar-refractivity contribution is 5.84. The Morgan fingerprint density at radius 3 is 1.79 bits per heavy atom. The van der Waals surface area contributed by atoms with E-state index in [0.717, 1.165) is 40.9 Å². The summed E-state index contributed by atoms with van der Waals surface area (Å²) in [5, 5.41) is 3.33. The molecule has 2 aromatic rings. The average molecular weight is 399 g/mol. The van der Waals surface area contributed by atoms with Crippen LogP contribution in [0.4, 0.5) is 11.4 Å². The van der Waals surface area contributed by atoms with E-state index in [4.69, 9.17) is 22.9 Å². The Balaban J connectivity index is 2.47. The number of hydrogen-bond acceptors (Lipinski definition) is 6. The van der Waals surface area contributed by atoms with Gasteiger partial charge in [-0.1, -0.05) is 18.2 Å². The molecule has 0 fully saturated rings. The van der Waals surface area contributed by atoms with Crippen molar-refractivity contribution < 1.29 is 9.59 Å². The molecular weight excluding hydrogens is 368 g/mol. The molecule has 8 heteroatoms. The van der Waals surface area contributed by atoms with Crippen LogP contribution in [-0.4, -0.2) is 38.0 Å². The van der Waals surface area contributed by atoms with Crippen molar-refractivity contribution in [2.45, 2.75) is 19.8 Å². The quantitative estimate of drug-likeness (QED) is 0.398. The van der Waals surface area contributed by atoms with Crippen LogP contribution in [0.2, 0.25) is 0 Å². The molecule has 0 spiro atoms. The van der Waals surface area contributed by atoms with Crippen molar-refractivity contribution in [1.29, 1.82) is 0 Å². The molecule has 0 saturated carbocycles. The molecule has 2 rings (SSSR count). The summed E-state index contributed by atoms with van der Waals surface area (Å²) < 4.78 is 0. The van der Waals surface area contributed by atoms with Crippen LogP contribution in [0.15, 0.2) is 42.5 Å². The molecule has 156 valence electrons. The molecule has 2 amide bonds. The summed E-state index contributed by atoms with van der Waals surface area (Å²) in [4.78, 5) is 23.6. The number of rotatable bonds is 11. The molecule has 0 heterocycles. The van der Waals surface area contributed by atoms with Crippen molar-refractivity contribution in [2.24, 2.45) is 22.9 Å². The smallest absolute Gasteiger partial charge is 0.239 e. The van der Waals surface area contributed by atoms with Gasteiger partial charge < -0.3 is 22.9 Å². The number of amides is 2. The number of primary amides is 2. The fourth-order valence-corrected chi connectivity index (χ4v) is 3.21. The van der Waals surface area contributed by atoms with Crippen LogP contribution in [0.5, 0.6) is 0 Å². The van der Waals surface area contributed by atoms with E-state index in [1.165, 1.54) is 0 Å².